The molecular formula is C18H19N3O4S3. The number of hydrogen-bond acceptors (Lipinski definition) is 7. The summed E-state index contributed by atoms with van der Waals surface area (Å²) in [6, 6.07) is 10.2. The minimum Gasteiger partial charge on any atom is -0.396 e. The van der Waals surface area contributed by atoms with E-state index in [1.165, 1.54) is 17.4 Å². The number of anilines is 1. The fourth-order valence-electron chi connectivity index (χ4n) is 2.58. The van der Waals surface area contributed by atoms with E-state index in [1.54, 1.807) is 6.92 Å². The maximum absolute atomic E-state index is 12.5. The van der Waals surface area contributed by atoms with Crippen LogP contribution in [0.1, 0.15) is 15.3 Å². The van der Waals surface area contributed by atoms with E-state index >= 15 is 0 Å². The molecule has 2 heterocycles. The Morgan fingerprint density at radius 3 is 2.57 bits per heavy atom. The number of nitrogens with one attached hydrogen (secondary N) is 2. The molecule has 3 aromatic rings. The van der Waals surface area contributed by atoms with Gasteiger partial charge in [-0.05, 0) is 25.5 Å². The van der Waals surface area contributed by atoms with Crippen molar-refractivity contribution in [2.75, 3.05) is 11.9 Å². The van der Waals surface area contributed by atoms with Crippen molar-refractivity contribution in [3.63, 3.8) is 0 Å². The van der Waals surface area contributed by atoms with E-state index in [0.29, 0.717) is 11.6 Å². The number of thiophene rings is 1. The molecule has 0 radical (unpaired) electrons. The van der Waals surface area contributed by atoms with Crippen molar-refractivity contribution in [1.29, 1.82) is 0 Å². The molecule has 0 saturated carbocycles. The highest BCUT2D eigenvalue weighted by atomic mass is 32.2. The van der Waals surface area contributed by atoms with E-state index in [4.69, 9.17) is 5.11 Å². The number of aliphatic hydroxyl groups is 1. The number of urea groups is 1. The molecule has 0 aliphatic carbocycles. The quantitative estimate of drug-likeness (QED) is 0.547. The molecule has 3 N–H and O–H groups in total. The lowest BCUT2D eigenvalue weighted by Crippen LogP contribution is -2.33. The summed E-state index contributed by atoms with van der Waals surface area (Å²) in [5.74, 6) is 0. The molecule has 0 aliphatic rings. The van der Waals surface area contributed by atoms with Crippen LogP contribution in [0.5, 0.6) is 0 Å². The van der Waals surface area contributed by atoms with E-state index in [1.807, 2.05) is 42.0 Å². The minimum absolute atomic E-state index is 0.0314. The van der Waals surface area contributed by atoms with Crippen LogP contribution in [0.25, 0.3) is 11.3 Å². The van der Waals surface area contributed by atoms with Crippen LogP contribution in [-0.2, 0) is 16.4 Å². The predicted octanol–water partition coefficient (Wildman–Crippen LogP) is 3.53. The topological polar surface area (TPSA) is 108 Å². The molecule has 2 amide bonds. The zero-order chi connectivity index (χ0) is 20.3. The van der Waals surface area contributed by atoms with Crippen LogP contribution >= 0.6 is 22.7 Å². The highest BCUT2D eigenvalue weighted by Crippen LogP contribution is 2.30. The summed E-state index contributed by atoms with van der Waals surface area (Å²) in [4.78, 5) is 18.3. The van der Waals surface area contributed by atoms with Gasteiger partial charge in [-0.2, -0.15) is 0 Å². The number of carbonyl (C=O) groups is 1. The third kappa shape index (κ3) is 4.58. The number of sulfonamides is 1. The van der Waals surface area contributed by atoms with Crippen LogP contribution in [0.4, 0.5) is 9.93 Å². The Hall–Kier alpha value is -2.27. The highest BCUT2D eigenvalue weighted by Gasteiger charge is 2.22. The summed E-state index contributed by atoms with van der Waals surface area (Å²) in [6.45, 7) is 3.59. The number of aliphatic hydroxyl groups excluding tert-OH is 1. The van der Waals surface area contributed by atoms with Gasteiger partial charge in [-0.1, -0.05) is 30.3 Å². The van der Waals surface area contributed by atoms with Crippen LogP contribution < -0.4 is 10.0 Å². The molecule has 0 fully saturated rings. The van der Waals surface area contributed by atoms with Gasteiger partial charge in [0.1, 0.15) is 4.21 Å². The minimum atomic E-state index is -4.00. The molecule has 0 aliphatic heterocycles. The van der Waals surface area contributed by atoms with Gasteiger partial charge in [-0.15, -0.1) is 22.7 Å². The smallest absolute Gasteiger partial charge is 0.334 e. The average Bonchev–Trinajstić information content (AvgIpc) is 3.19. The van der Waals surface area contributed by atoms with Gasteiger partial charge >= 0.3 is 6.03 Å². The van der Waals surface area contributed by atoms with E-state index in [9.17, 15) is 13.2 Å². The summed E-state index contributed by atoms with van der Waals surface area (Å²) < 4.78 is 27.0. The number of aromatic nitrogens is 1. The van der Waals surface area contributed by atoms with Gasteiger partial charge < -0.3 is 5.11 Å². The lowest BCUT2D eigenvalue weighted by molar-refractivity contribution is 0.256. The van der Waals surface area contributed by atoms with E-state index in [-0.39, 0.29) is 10.8 Å². The number of rotatable bonds is 6. The van der Waals surface area contributed by atoms with Gasteiger partial charge in [-0.25, -0.2) is 22.9 Å². The Kier molecular flexibility index (Phi) is 6.14. The Morgan fingerprint density at radius 2 is 1.89 bits per heavy atom. The largest absolute Gasteiger partial charge is 0.396 e. The first-order chi connectivity index (χ1) is 13.3. The van der Waals surface area contributed by atoms with Crippen molar-refractivity contribution in [1.82, 2.24) is 9.71 Å². The number of aryl methyl sites for hydroxylation is 2. The number of benzene rings is 1. The summed E-state index contributed by atoms with van der Waals surface area (Å²) in [5.41, 5.74) is 2.43. The first kappa shape index (κ1) is 20.5. The van der Waals surface area contributed by atoms with E-state index in [0.717, 1.165) is 37.9 Å². The number of amides is 2. The summed E-state index contributed by atoms with van der Waals surface area (Å²) >= 11 is 2.31. The van der Waals surface area contributed by atoms with Gasteiger partial charge in [0.25, 0.3) is 10.0 Å². The number of thiazole rings is 1. The lowest BCUT2D eigenvalue weighted by Gasteiger charge is -2.05. The van der Waals surface area contributed by atoms with Crippen LogP contribution in [0.3, 0.4) is 0 Å². The number of carbonyl (C=O) groups excluding carboxylic acids is 1. The summed E-state index contributed by atoms with van der Waals surface area (Å²) in [7, 11) is -4.00. The molecule has 148 valence electrons. The zero-order valence-corrected chi connectivity index (χ0v) is 17.7. The SMILES string of the molecule is Cc1cc(S(=O)(=O)NC(=O)Nc2nc(-c3ccccc3)c(C)s2)sc1CCO. The summed E-state index contributed by atoms with van der Waals surface area (Å²) in [6.07, 6.45) is 0.374. The van der Waals surface area contributed by atoms with Gasteiger partial charge in [0, 0.05) is 28.3 Å². The predicted molar refractivity (Wildman–Crippen MR) is 111 cm³/mol. The molecule has 0 bridgehead atoms. The van der Waals surface area contributed by atoms with Crippen LogP contribution in [0.2, 0.25) is 0 Å². The van der Waals surface area contributed by atoms with E-state index < -0.39 is 16.1 Å². The lowest BCUT2D eigenvalue weighted by atomic mass is 10.1. The fraction of sp³-hybridized carbons (Fsp3) is 0.222. The zero-order valence-electron chi connectivity index (χ0n) is 15.2. The van der Waals surface area contributed by atoms with Crippen LogP contribution in [-0.4, -0.2) is 31.1 Å². The molecule has 1 aromatic carbocycles. The molecule has 0 saturated heterocycles. The molecule has 28 heavy (non-hydrogen) atoms. The van der Waals surface area contributed by atoms with Gasteiger partial charge in [-0.3, -0.25) is 5.32 Å². The normalized spacial score (nSPS) is 11.4. The van der Waals surface area contributed by atoms with Crippen molar-refractivity contribution in [3.05, 3.63) is 51.7 Å². The highest BCUT2D eigenvalue weighted by molar-refractivity contribution is 7.92. The van der Waals surface area contributed by atoms with Crippen molar-refractivity contribution >= 4 is 43.9 Å². The summed E-state index contributed by atoms with van der Waals surface area (Å²) in [5, 5.41) is 11.8. The number of nitrogens with zero attached hydrogens (tertiary/aromatic N) is 1. The Balaban J connectivity index is 1.73. The van der Waals surface area contributed by atoms with Crippen LogP contribution in [0.15, 0.2) is 40.6 Å². The third-order valence-corrected chi connectivity index (χ3v) is 7.88. The van der Waals surface area contributed by atoms with Crippen LogP contribution in [0, 0.1) is 13.8 Å². The second-order valence-corrected chi connectivity index (χ2v) is 10.2. The first-order valence-electron chi connectivity index (χ1n) is 8.37. The molecule has 3 rings (SSSR count). The van der Waals surface area contributed by atoms with Gasteiger partial charge in [0.15, 0.2) is 5.13 Å². The maximum atomic E-state index is 12.5. The molecule has 0 unspecified atom stereocenters. The Labute approximate surface area is 171 Å². The fourth-order valence-corrected chi connectivity index (χ4v) is 5.90. The van der Waals surface area contributed by atoms with Crippen molar-refractivity contribution in [2.24, 2.45) is 0 Å². The molecule has 0 spiro atoms. The third-order valence-electron chi connectivity index (χ3n) is 3.89. The molecule has 0 atom stereocenters. The van der Waals surface area contributed by atoms with Crippen molar-refractivity contribution < 1.29 is 18.3 Å². The van der Waals surface area contributed by atoms with Crippen molar-refractivity contribution in [3.8, 4) is 11.3 Å². The Bertz CT molecular complexity index is 1090. The van der Waals surface area contributed by atoms with Gasteiger partial charge in [0.05, 0.1) is 5.69 Å². The maximum Gasteiger partial charge on any atom is 0.334 e. The van der Waals surface area contributed by atoms with Gasteiger partial charge in [0.2, 0.25) is 0 Å². The molecule has 10 heteroatoms. The Morgan fingerprint density at radius 1 is 1.18 bits per heavy atom. The first-order valence-corrected chi connectivity index (χ1v) is 11.5. The second kappa shape index (κ2) is 8.39. The molecular weight excluding hydrogens is 418 g/mol. The monoisotopic (exact) mass is 437 g/mol. The standard InChI is InChI=1S/C18H19N3O4S3/c1-11-10-15(27-14(11)8-9-22)28(24,25)21-17(23)20-18-19-16(12(2)26-18)13-6-4-3-5-7-13/h3-7,10,22H,8-9H2,1-2H3,(H2,19,20,21,23). The molecule has 2 aromatic heterocycles. The average molecular weight is 438 g/mol. The van der Waals surface area contributed by atoms with E-state index in [2.05, 4.69) is 10.3 Å². The number of hydrogen-bond donors (Lipinski definition) is 3. The van der Waals surface area contributed by atoms with Crippen molar-refractivity contribution in [2.45, 2.75) is 24.5 Å². The second-order valence-electron chi connectivity index (χ2n) is 5.99. The molecule has 7 nitrogen and oxygen atoms in total.